The van der Waals surface area contributed by atoms with Gasteiger partial charge in [-0.25, -0.2) is 8.42 Å². The number of benzene rings is 2. The smallest absolute Gasteiger partial charge is 0.241 e. The fourth-order valence-corrected chi connectivity index (χ4v) is 5.54. The van der Waals surface area contributed by atoms with Crippen molar-refractivity contribution in [2.75, 3.05) is 17.6 Å². The van der Waals surface area contributed by atoms with Crippen LogP contribution in [0.3, 0.4) is 0 Å². The number of hydrogen-bond acceptors (Lipinski definition) is 6. The molecule has 0 radical (unpaired) electrons. The van der Waals surface area contributed by atoms with E-state index in [1.807, 2.05) is 39.0 Å². The lowest BCUT2D eigenvalue weighted by Gasteiger charge is -2.29. The third kappa shape index (κ3) is 5.41. The molecule has 1 fully saturated rings. The highest BCUT2D eigenvalue weighted by Gasteiger charge is 2.38. The number of anilines is 1. The summed E-state index contributed by atoms with van der Waals surface area (Å²) < 4.78 is 25.5. The van der Waals surface area contributed by atoms with Crippen LogP contribution in [-0.2, 0) is 19.4 Å². The molecule has 0 bridgehead atoms. The molecule has 2 aromatic carbocycles. The molecule has 0 aliphatic carbocycles. The minimum Gasteiger partial charge on any atom is -0.331 e. The number of carbonyl (C=O) groups is 2. The fraction of sp³-hybridized carbons (Fsp3) is 0.333. The van der Waals surface area contributed by atoms with Gasteiger partial charge in [-0.05, 0) is 56.2 Å². The van der Waals surface area contributed by atoms with E-state index in [1.165, 1.54) is 23.9 Å². The number of sulfone groups is 1. The van der Waals surface area contributed by atoms with Gasteiger partial charge >= 0.3 is 0 Å². The van der Waals surface area contributed by atoms with Crippen LogP contribution < -0.4 is 16.0 Å². The first-order chi connectivity index (χ1) is 14.1. The summed E-state index contributed by atoms with van der Waals surface area (Å²) in [6, 6.07) is 12.2. The van der Waals surface area contributed by atoms with Crippen LogP contribution in [0.4, 0.5) is 5.69 Å². The Morgan fingerprint density at radius 3 is 2.30 bits per heavy atom. The van der Waals surface area contributed by atoms with E-state index < -0.39 is 26.5 Å². The Bertz CT molecular complexity index is 1030. The van der Waals surface area contributed by atoms with E-state index in [-0.39, 0.29) is 23.1 Å². The Hall–Kier alpha value is -2.36. The molecule has 2 atom stereocenters. The van der Waals surface area contributed by atoms with Gasteiger partial charge in [-0.15, -0.1) is 11.8 Å². The van der Waals surface area contributed by atoms with Crippen molar-refractivity contribution in [3.05, 3.63) is 59.2 Å². The standard InChI is InChI=1S/C21H25N3O4S2/c1-13-4-6-17(7-5-13)30(27,28)18-11-22-21(24-20(18)26)29-12-19(25)23-16-9-14(2)8-15(3)10-16/h4-10,18,21-22H,11-12H2,1-3H3,(H,23,25)(H,24,26). The van der Waals surface area contributed by atoms with Crippen LogP contribution >= 0.6 is 11.8 Å². The van der Waals surface area contributed by atoms with Gasteiger partial charge in [0.2, 0.25) is 11.8 Å². The van der Waals surface area contributed by atoms with Gasteiger partial charge in [-0.1, -0.05) is 23.8 Å². The maximum Gasteiger partial charge on any atom is 0.241 e. The summed E-state index contributed by atoms with van der Waals surface area (Å²) in [5.74, 6) is -0.655. The lowest BCUT2D eigenvalue weighted by molar-refractivity contribution is -0.122. The summed E-state index contributed by atoms with van der Waals surface area (Å²) in [4.78, 5) is 24.8. The number of hydrogen-bond donors (Lipinski definition) is 3. The van der Waals surface area contributed by atoms with Crippen LogP contribution in [0.25, 0.3) is 0 Å². The number of carbonyl (C=O) groups excluding carboxylic acids is 2. The lowest BCUT2D eigenvalue weighted by Crippen LogP contribution is -2.59. The average Bonchev–Trinajstić information content (AvgIpc) is 2.65. The number of amides is 2. The third-order valence-corrected chi connectivity index (χ3v) is 7.77. The first-order valence-electron chi connectivity index (χ1n) is 9.49. The van der Waals surface area contributed by atoms with Crippen molar-refractivity contribution in [2.24, 2.45) is 0 Å². The molecule has 3 rings (SSSR count). The molecule has 1 aliphatic heterocycles. The molecule has 0 spiro atoms. The highest BCUT2D eigenvalue weighted by atomic mass is 32.2. The Balaban J connectivity index is 1.54. The molecule has 7 nitrogen and oxygen atoms in total. The number of thioether (sulfide) groups is 1. The van der Waals surface area contributed by atoms with Crippen LogP contribution in [0.5, 0.6) is 0 Å². The second-order valence-electron chi connectivity index (χ2n) is 7.38. The Kier molecular flexibility index (Phi) is 6.84. The predicted molar refractivity (Wildman–Crippen MR) is 119 cm³/mol. The zero-order valence-corrected chi connectivity index (χ0v) is 18.7. The molecule has 1 saturated heterocycles. The van der Waals surface area contributed by atoms with Crippen molar-refractivity contribution in [2.45, 2.75) is 36.4 Å². The van der Waals surface area contributed by atoms with Gasteiger partial charge in [0.15, 0.2) is 15.1 Å². The quantitative estimate of drug-likeness (QED) is 0.627. The Labute approximate surface area is 180 Å². The maximum absolute atomic E-state index is 12.8. The summed E-state index contributed by atoms with van der Waals surface area (Å²) in [6.07, 6.45) is 0. The largest absolute Gasteiger partial charge is 0.331 e. The number of rotatable bonds is 6. The first kappa shape index (κ1) is 22.3. The average molecular weight is 448 g/mol. The van der Waals surface area contributed by atoms with Gasteiger partial charge in [-0.2, -0.15) is 0 Å². The minimum absolute atomic E-state index is 0.0155. The van der Waals surface area contributed by atoms with Gasteiger partial charge in [0.05, 0.1) is 10.6 Å². The maximum atomic E-state index is 12.8. The summed E-state index contributed by atoms with van der Waals surface area (Å²) >= 11 is 1.20. The minimum atomic E-state index is -3.79. The number of nitrogens with one attached hydrogen (secondary N) is 3. The second kappa shape index (κ2) is 9.20. The van der Waals surface area contributed by atoms with Gasteiger partial charge in [0, 0.05) is 12.2 Å². The third-order valence-electron chi connectivity index (χ3n) is 4.67. The molecule has 30 heavy (non-hydrogen) atoms. The van der Waals surface area contributed by atoms with Crippen LogP contribution in [0, 0.1) is 20.8 Å². The van der Waals surface area contributed by atoms with Gasteiger partial charge < -0.3 is 10.6 Å². The van der Waals surface area contributed by atoms with Crippen molar-refractivity contribution in [1.82, 2.24) is 10.6 Å². The Morgan fingerprint density at radius 2 is 1.70 bits per heavy atom. The zero-order chi connectivity index (χ0) is 21.9. The van der Waals surface area contributed by atoms with E-state index in [0.717, 1.165) is 22.4 Å². The summed E-state index contributed by atoms with van der Waals surface area (Å²) in [6.45, 7) is 5.77. The summed E-state index contributed by atoms with van der Waals surface area (Å²) in [7, 11) is -3.79. The first-order valence-corrected chi connectivity index (χ1v) is 12.1. The number of aryl methyl sites for hydroxylation is 3. The Morgan fingerprint density at radius 1 is 1.07 bits per heavy atom. The van der Waals surface area contributed by atoms with E-state index in [0.29, 0.717) is 0 Å². The van der Waals surface area contributed by atoms with Crippen molar-refractivity contribution in [3.63, 3.8) is 0 Å². The van der Waals surface area contributed by atoms with Gasteiger partial charge in [0.1, 0.15) is 5.50 Å². The van der Waals surface area contributed by atoms with Crippen LogP contribution in [0.2, 0.25) is 0 Å². The fourth-order valence-electron chi connectivity index (χ4n) is 3.23. The topological polar surface area (TPSA) is 104 Å². The van der Waals surface area contributed by atoms with E-state index in [4.69, 9.17) is 0 Å². The van der Waals surface area contributed by atoms with Gasteiger partial charge in [-0.3, -0.25) is 14.9 Å². The molecule has 1 aliphatic rings. The SMILES string of the molecule is Cc1ccc(S(=O)(=O)C2CNC(SCC(=O)Nc3cc(C)cc(C)c3)NC2=O)cc1. The molecular formula is C21H25N3O4S2. The molecule has 160 valence electrons. The lowest BCUT2D eigenvalue weighted by atomic mass is 10.1. The molecule has 2 unspecified atom stereocenters. The van der Waals surface area contributed by atoms with Gasteiger partial charge in [0.25, 0.3) is 0 Å². The van der Waals surface area contributed by atoms with Crippen molar-refractivity contribution < 1.29 is 18.0 Å². The van der Waals surface area contributed by atoms with Crippen molar-refractivity contribution in [3.8, 4) is 0 Å². The van der Waals surface area contributed by atoms with Crippen LogP contribution in [0.1, 0.15) is 16.7 Å². The highest BCUT2D eigenvalue weighted by molar-refractivity contribution is 8.00. The molecule has 9 heteroatoms. The van der Waals surface area contributed by atoms with E-state index >= 15 is 0 Å². The molecule has 2 aromatic rings. The molecule has 3 N–H and O–H groups in total. The van der Waals surface area contributed by atoms with E-state index in [9.17, 15) is 18.0 Å². The highest BCUT2D eigenvalue weighted by Crippen LogP contribution is 2.20. The molecular weight excluding hydrogens is 422 g/mol. The molecule has 0 saturated carbocycles. The second-order valence-corrected chi connectivity index (χ2v) is 10.6. The molecule has 0 aromatic heterocycles. The zero-order valence-electron chi connectivity index (χ0n) is 17.1. The molecule has 2 amide bonds. The monoisotopic (exact) mass is 447 g/mol. The van der Waals surface area contributed by atoms with Crippen molar-refractivity contribution in [1.29, 1.82) is 0 Å². The van der Waals surface area contributed by atoms with Crippen LogP contribution in [0.15, 0.2) is 47.4 Å². The molecule has 1 heterocycles. The predicted octanol–water partition coefficient (Wildman–Crippen LogP) is 2.13. The summed E-state index contributed by atoms with van der Waals surface area (Å²) in [5.41, 5.74) is 3.24. The van der Waals surface area contributed by atoms with Crippen molar-refractivity contribution >= 4 is 39.1 Å². The normalized spacial score (nSPS) is 19.2. The van der Waals surface area contributed by atoms with E-state index in [2.05, 4.69) is 16.0 Å². The van der Waals surface area contributed by atoms with Crippen LogP contribution in [-0.4, -0.2) is 43.3 Å². The van der Waals surface area contributed by atoms with E-state index in [1.54, 1.807) is 12.1 Å². The summed E-state index contributed by atoms with van der Waals surface area (Å²) in [5, 5.41) is 7.27.